The number of ether oxygens (including phenoxy) is 1. The number of halogens is 1. The molecule has 1 unspecified atom stereocenters. The number of anilines is 1. The molecule has 1 fully saturated rings. The molecule has 1 aliphatic rings. The molecule has 1 N–H and O–H groups in total. The predicted molar refractivity (Wildman–Crippen MR) is 118 cm³/mol. The van der Waals surface area contributed by atoms with Crippen LogP contribution in [0.15, 0.2) is 42.6 Å². The molecule has 6 nitrogen and oxygen atoms in total. The van der Waals surface area contributed by atoms with E-state index < -0.39 is 0 Å². The van der Waals surface area contributed by atoms with Crippen LogP contribution in [0.4, 0.5) is 5.82 Å². The molecular weight excluding hydrogens is 402 g/mol. The van der Waals surface area contributed by atoms with Crippen molar-refractivity contribution in [3.05, 3.63) is 53.2 Å². The molecule has 0 radical (unpaired) electrons. The zero-order valence-electron chi connectivity index (χ0n) is 17.3. The first-order valence-electron chi connectivity index (χ1n) is 10.4. The Morgan fingerprint density at radius 1 is 1.27 bits per heavy atom. The topological polar surface area (TPSA) is 71.5 Å². The van der Waals surface area contributed by atoms with Gasteiger partial charge in [-0.15, -0.1) is 0 Å². The van der Waals surface area contributed by atoms with E-state index in [1.165, 1.54) is 11.8 Å². The maximum atomic E-state index is 12.6. The molecule has 2 heterocycles. The van der Waals surface area contributed by atoms with Gasteiger partial charge in [0, 0.05) is 25.7 Å². The smallest absolute Gasteiger partial charge is 0.230 e. The highest BCUT2D eigenvalue weighted by Gasteiger charge is 2.28. The zero-order valence-corrected chi connectivity index (χ0v) is 18.0. The summed E-state index contributed by atoms with van der Waals surface area (Å²) < 4.78 is 5.73. The Hall–Kier alpha value is -2.60. The van der Waals surface area contributed by atoms with Gasteiger partial charge in [-0.05, 0) is 62.4 Å². The predicted octanol–water partition coefficient (Wildman–Crippen LogP) is 4.47. The van der Waals surface area contributed by atoms with Crippen molar-refractivity contribution >= 4 is 29.2 Å². The van der Waals surface area contributed by atoms with Crippen LogP contribution in [0.3, 0.4) is 0 Å². The Morgan fingerprint density at radius 3 is 2.90 bits per heavy atom. The van der Waals surface area contributed by atoms with Gasteiger partial charge in [-0.1, -0.05) is 23.7 Å². The van der Waals surface area contributed by atoms with Crippen molar-refractivity contribution in [1.29, 1.82) is 0 Å². The van der Waals surface area contributed by atoms with E-state index in [2.05, 4.69) is 10.3 Å². The molecule has 2 amide bonds. The number of likely N-dealkylation sites (tertiary alicyclic amines) is 1. The minimum absolute atomic E-state index is 0.103. The van der Waals surface area contributed by atoms with Gasteiger partial charge in [0.1, 0.15) is 11.6 Å². The van der Waals surface area contributed by atoms with E-state index in [9.17, 15) is 9.59 Å². The van der Waals surface area contributed by atoms with Crippen molar-refractivity contribution in [2.75, 3.05) is 25.0 Å². The fraction of sp³-hybridized carbons (Fsp3) is 0.435. The van der Waals surface area contributed by atoms with Crippen molar-refractivity contribution in [1.82, 2.24) is 9.88 Å². The van der Waals surface area contributed by atoms with Crippen molar-refractivity contribution in [2.45, 2.75) is 39.0 Å². The molecule has 0 aliphatic carbocycles. The fourth-order valence-corrected chi connectivity index (χ4v) is 3.64. The first kappa shape index (κ1) is 22.1. The summed E-state index contributed by atoms with van der Waals surface area (Å²) in [7, 11) is 0. The molecule has 0 saturated carbocycles. The van der Waals surface area contributed by atoms with Crippen LogP contribution in [0, 0.1) is 12.8 Å². The Labute approximate surface area is 182 Å². The third-order valence-electron chi connectivity index (χ3n) is 5.17. The summed E-state index contributed by atoms with van der Waals surface area (Å²) in [6.45, 7) is 3.79. The molecule has 1 aromatic carbocycles. The average molecular weight is 430 g/mol. The SMILES string of the molecule is Cc1cccc(OCCCCC(=O)N2CCCC(C(=O)Nc3ccc(Cl)cn3)C2)c1. The van der Waals surface area contributed by atoms with Crippen molar-refractivity contribution in [3.8, 4) is 5.75 Å². The Morgan fingerprint density at radius 2 is 2.13 bits per heavy atom. The number of aryl methyl sites for hydroxylation is 1. The molecule has 0 spiro atoms. The lowest BCUT2D eigenvalue weighted by Gasteiger charge is -2.32. The molecule has 30 heavy (non-hydrogen) atoms. The van der Waals surface area contributed by atoms with Crippen LogP contribution in [-0.2, 0) is 9.59 Å². The monoisotopic (exact) mass is 429 g/mol. The number of unbranched alkanes of at least 4 members (excludes halogenated alkanes) is 1. The molecule has 0 bridgehead atoms. The summed E-state index contributed by atoms with van der Waals surface area (Å²) in [5, 5.41) is 3.33. The van der Waals surface area contributed by atoms with Crippen LogP contribution in [0.25, 0.3) is 0 Å². The zero-order chi connectivity index (χ0) is 21.3. The van der Waals surface area contributed by atoms with Crippen LogP contribution < -0.4 is 10.1 Å². The molecule has 1 aromatic heterocycles. The van der Waals surface area contributed by atoms with Crippen LogP contribution in [0.1, 0.15) is 37.7 Å². The van der Waals surface area contributed by atoms with Crippen molar-refractivity contribution in [2.24, 2.45) is 5.92 Å². The highest BCUT2D eigenvalue weighted by molar-refractivity contribution is 6.30. The minimum atomic E-state index is -0.218. The van der Waals surface area contributed by atoms with E-state index in [0.717, 1.165) is 31.4 Å². The first-order valence-corrected chi connectivity index (χ1v) is 10.8. The molecule has 3 rings (SSSR count). The van der Waals surface area contributed by atoms with Crippen LogP contribution >= 0.6 is 11.6 Å². The van der Waals surface area contributed by atoms with Gasteiger partial charge in [-0.25, -0.2) is 4.98 Å². The summed E-state index contributed by atoms with van der Waals surface area (Å²) in [5.41, 5.74) is 1.17. The number of hydrogen-bond acceptors (Lipinski definition) is 4. The van der Waals surface area contributed by atoms with Gasteiger partial charge < -0.3 is 15.0 Å². The second-order valence-corrected chi connectivity index (χ2v) is 8.09. The van der Waals surface area contributed by atoms with E-state index >= 15 is 0 Å². The van der Waals surface area contributed by atoms with E-state index in [4.69, 9.17) is 16.3 Å². The summed E-state index contributed by atoms with van der Waals surface area (Å²) in [5.74, 6) is 1.12. The maximum absolute atomic E-state index is 12.6. The number of amides is 2. The molecule has 2 aromatic rings. The van der Waals surface area contributed by atoms with Gasteiger partial charge >= 0.3 is 0 Å². The number of rotatable bonds is 8. The number of nitrogens with one attached hydrogen (secondary N) is 1. The van der Waals surface area contributed by atoms with Gasteiger partial charge in [0.05, 0.1) is 17.5 Å². The normalized spacial score (nSPS) is 16.2. The number of nitrogens with zero attached hydrogens (tertiary/aromatic N) is 2. The van der Waals surface area contributed by atoms with E-state index in [-0.39, 0.29) is 17.7 Å². The summed E-state index contributed by atoms with van der Waals surface area (Å²) in [4.78, 5) is 31.0. The van der Waals surface area contributed by atoms with Crippen molar-refractivity contribution < 1.29 is 14.3 Å². The molecule has 160 valence electrons. The third kappa shape index (κ3) is 6.73. The first-order chi connectivity index (χ1) is 14.5. The number of hydrogen-bond donors (Lipinski definition) is 1. The third-order valence-corrected chi connectivity index (χ3v) is 5.39. The van der Waals surface area contributed by atoms with Crippen LogP contribution in [0.5, 0.6) is 5.75 Å². The summed E-state index contributed by atoms with van der Waals surface area (Å²) in [6, 6.07) is 11.3. The second-order valence-electron chi connectivity index (χ2n) is 7.65. The van der Waals surface area contributed by atoms with Gasteiger partial charge in [0.25, 0.3) is 0 Å². The number of piperidine rings is 1. The second kappa shape index (κ2) is 11.0. The average Bonchev–Trinajstić information content (AvgIpc) is 2.75. The molecule has 1 aliphatic heterocycles. The molecule has 1 saturated heterocycles. The lowest BCUT2D eigenvalue weighted by molar-refractivity contribution is -0.134. The van der Waals surface area contributed by atoms with Gasteiger partial charge in [-0.3, -0.25) is 9.59 Å². The Kier molecular flexibility index (Phi) is 8.08. The summed E-state index contributed by atoms with van der Waals surface area (Å²) in [6.07, 6.45) is 5.16. The number of carbonyl (C=O) groups excluding carboxylic acids is 2. The number of benzene rings is 1. The largest absolute Gasteiger partial charge is 0.494 e. The standard InChI is InChI=1S/C23H28ClN3O3/c1-17-6-4-8-20(14-17)30-13-3-2-9-22(28)27-12-5-7-18(16-27)23(29)26-21-11-10-19(24)15-25-21/h4,6,8,10-11,14-15,18H,2-3,5,7,9,12-13,16H2,1H3,(H,25,26,29). The van der Waals surface area contributed by atoms with E-state index in [1.807, 2.05) is 36.1 Å². The van der Waals surface area contributed by atoms with Gasteiger partial charge in [0.2, 0.25) is 11.8 Å². The quantitative estimate of drug-likeness (QED) is 0.628. The highest BCUT2D eigenvalue weighted by atomic mass is 35.5. The van der Waals surface area contributed by atoms with Crippen LogP contribution in [-0.4, -0.2) is 41.4 Å². The molecule has 1 atom stereocenters. The molecular formula is C23H28ClN3O3. The van der Waals surface area contributed by atoms with Crippen molar-refractivity contribution in [3.63, 3.8) is 0 Å². The fourth-order valence-electron chi connectivity index (χ4n) is 3.53. The van der Waals surface area contributed by atoms with Gasteiger partial charge in [-0.2, -0.15) is 0 Å². The highest BCUT2D eigenvalue weighted by Crippen LogP contribution is 2.20. The molecule has 7 heteroatoms. The summed E-state index contributed by atoms with van der Waals surface area (Å²) >= 11 is 5.82. The van der Waals surface area contributed by atoms with Gasteiger partial charge in [0.15, 0.2) is 0 Å². The maximum Gasteiger partial charge on any atom is 0.230 e. The lowest BCUT2D eigenvalue weighted by atomic mass is 9.96. The van der Waals surface area contributed by atoms with E-state index in [0.29, 0.717) is 37.0 Å². The Bertz CT molecular complexity index is 857. The minimum Gasteiger partial charge on any atom is -0.494 e. The Balaban J connectivity index is 1.38. The number of carbonyl (C=O) groups is 2. The lowest BCUT2D eigenvalue weighted by Crippen LogP contribution is -2.43. The van der Waals surface area contributed by atoms with E-state index in [1.54, 1.807) is 12.1 Å². The van der Waals surface area contributed by atoms with Crippen LogP contribution in [0.2, 0.25) is 5.02 Å². The number of aromatic nitrogens is 1. The number of pyridine rings is 1.